The summed E-state index contributed by atoms with van der Waals surface area (Å²) in [7, 11) is 0. The van der Waals surface area contributed by atoms with Gasteiger partial charge in [-0.05, 0) is 33.0 Å². The highest BCUT2D eigenvalue weighted by Crippen LogP contribution is 2.11. The molecule has 0 unspecified atom stereocenters. The lowest BCUT2D eigenvalue weighted by Gasteiger charge is -2.13. The van der Waals surface area contributed by atoms with E-state index in [1.165, 1.54) is 6.26 Å². The lowest BCUT2D eigenvalue weighted by Crippen LogP contribution is -2.23. The molecule has 1 aromatic heterocycles. The molecule has 0 radical (unpaired) electrons. The summed E-state index contributed by atoms with van der Waals surface area (Å²) in [5.74, 6) is 6.13. The fraction of sp³-hybridized carbons (Fsp3) is 0.533. The maximum absolute atomic E-state index is 11.8. The Labute approximate surface area is 114 Å². The molecule has 1 atom stereocenters. The molecule has 4 nitrogen and oxygen atoms in total. The van der Waals surface area contributed by atoms with E-state index in [0.717, 1.165) is 13.1 Å². The first-order valence-corrected chi connectivity index (χ1v) is 6.54. The van der Waals surface area contributed by atoms with E-state index < -0.39 is 12.1 Å². The second-order valence-electron chi connectivity index (χ2n) is 4.22. The van der Waals surface area contributed by atoms with Gasteiger partial charge in [0.1, 0.15) is 11.3 Å². The van der Waals surface area contributed by atoms with Crippen molar-refractivity contribution in [1.82, 2.24) is 4.90 Å². The molecule has 1 heterocycles. The Morgan fingerprint density at radius 1 is 1.47 bits per heavy atom. The van der Waals surface area contributed by atoms with E-state index in [9.17, 15) is 4.79 Å². The van der Waals surface area contributed by atoms with Gasteiger partial charge in [-0.2, -0.15) is 0 Å². The molecule has 0 bridgehead atoms. The third-order valence-corrected chi connectivity index (χ3v) is 2.86. The van der Waals surface area contributed by atoms with Gasteiger partial charge in [-0.15, -0.1) is 0 Å². The zero-order chi connectivity index (χ0) is 14.3. The van der Waals surface area contributed by atoms with Crippen molar-refractivity contribution in [2.45, 2.75) is 33.8 Å². The summed E-state index contributed by atoms with van der Waals surface area (Å²) in [5.41, 5.74) is 0.456. The number of carbonyl (C=O) groups excluding carboxylic acids is 1. The van der Waals surface area contributed by atoms with E-state index in [2.05, 4.69) is 30.6 Å². The van der Waals surface area contributed by atoms with Gasteiger partial charge < -0.3 is 9.15 Å². The molecular weight excluding hydrogens is 242 g/mol. The lowest BCUT2D eigenvalue weighted by atomic mass is 10.2. The number of hydrogen-bond acceptors (Lipinski definition) is 4. The standard InChI is InChI=1S/C15H21NO3/c1-5-16(6-2)10-7-8-12(3)19-15(17)14-9-11-18-13(14)4/h9,11-12H,5-6,10H2,1-4H3/t12-/m1/s1. The van der Waals surface area contributed by atoms with Crippen LogP contribution in [0.2, 0.25) is 0 Å². The fourth-order valence-electron chi connectivity index (χ4n) is 1.60. The highest BCUT2D eigenvalue weighted by Gasteiger charge is 2.14. The zero-order valence-corrected chi connectivity index (χ0v) is 12.0. The number of hydrogen-bond donors (Lipinski definition) is 0. The van der Waals surface area contributed by atoms with Crippen molar-refractivity contribution >= 4 is 5.97 Å². The average molecular weight is 263 g/mol. The average Bonchev–Trinajstić information content (AvgIpc) is 2.81. The third-order valence-electron chi connectivity index (χ3n) is 2.86. The van der Waals surface area contributed by atoms with E-state index in [4.69, 9.17) is 9.15 Å². The van der Waals surface area contributed by atoms with Gasteiger partial charge in [-0.1, -0.05) is 25.7 Å². The maximum Gasteiger partial charge on any atom is 0.342 e. The van der Waals surface area contributed by atoms with Gasteiger partial charge in [0.2, 0.25) is 0 Å². The number of rotatable bonds is 5. The number of carbonyl (C=O) groups is 1. The maximum atomic E-state index is 11.8. The molecule has 19 heavy (non-hydrogen) atoms. The minimum atomic E-state index is -0.419. The summed E-state index contributed by atoms with van der Waals surface area (Å²) >= 11 is 0. The van der Waals surface area contributed by atoms with E-state index >= 15 is 0 Å². The van der Waals surface area contributed by atoms with Crippen LogP contribution in [0.15, 0.2) is 16.7 Å². The first-order valence-electron chi connectivity index (χ1n) is 6.54. The molecule has 0 aliphatic heterocycles. The third kappa shape index (κ3) is 4.80. The van der Waals surface area contributed by atoms with Crippen LogP contribution in [0.1, 0.15) is 36.9 Å². The van der Waals surface area contributed by atoms with Crippen molar-refractivity contribution in [1.29, 1.82) is 0 Å². The lowest BCUT2D eigenvalue weighted by molar-refractivity contribution is 0.0436. The number of nitrogens with zero attached hydrogens (tertiary/aromatic N) is 1. The Balaban J connectivity index is 2.48. The molecule has 4 heteroatoms. The molecule has 0 amide bonds. The molecule has 0 aliphatic rings. The summed E-state index contributed by atoms with van der Waals surface area (Å²) in [5, 5.41) is 0. The van der Waals surface area contributed by atoms with Crippen molar-refractivity contribution < 1.29 is 13.9 Å². The Bertz CT molecular complexity index is 463. The SMILES string of the molecule is CCN(CC)CC#C[C@@H](C)OC(=O)c1ccoc1C. The van der Waals surface area contributed by atoms with Gasteiger partial charge in [0.15, 0.2) is 6.10 Å². The van der Waals surface area contributed by atoms with E-state index in [-0.39, 0.29) is 0 Å². The second kappa shape index (κ2) is 7.65. The summed E-state index contributed by atoms with van der Waals surface area (Å²) in [6.45, 7) is 10.3. The van der Waals surface area contributed by atoms with Gasteiger partial charge in [0.25, 0.3) is 0 Å². The predicted octanol–water partition coefficient (Wildman–Crippen LogP) is 2.48. The largest absolute Gasteiger partial charge is 0.469 e. The van der Waals surface area contributed by atoms with Crippen LogP contribution in [0.3, 0.4) is 0 Å². The highest BCUT2D eigenvalue weighted by atomic mass is 16.5. The number of esters is 1. The van der Waals surface area contributed by atoms with E-state index in [1.807, 2.05) is 0 Å². The van der Waals surface area contributed by atoms with Gasteiger partial charge in [0.05, 0.1) is 12.8 Å². The molecule has 0 fully saturated rings. The predicted molar refractivity (Wildman–Crippen MR) is 73.9 cm³/mol. The van der Waals surface area contributed by atoms with Crippen molar-refractivity contribution in [2.24, 2.45) is 0 Å². The molecule has 104 valence electrons. The molecule has 0 spiro atoms. The van der Waals surface area contributed by atoms with Crippen LogP contribution in [0.25, 0.3) is 0 Å². The molecule has 0 saturated heterocycles. The summed E-state index contributed by atoms with van der Waals surface area (Å²) in [6.07, 6.45) is 1.06. The summed E-state index contributed by atoms with van der Waals surface area (Å²) in [6, 6.07) is 1.60. The molecule has 1 aromatic rings. The number of furan rings is 1. The first kappa shape index (κ1) is 15.3. The highest BCUT2D eigenvalue weighted by molar-refractivity contribution is 5.90. The van der Waals surface area contributed by atoms with Gasteiger partial charge >= 0.3 is 5.97 Å². The number of ether oxygens (including phenoxy) is 1. The molecule has 0 N–H and O–H groups in total. The smallest absolute Gasteiger partial charge is 0.342 e. The number of aryl methyl sites for hydroxylation is 1. The van der Waals surface area contributed by atoms with E-state index in [0.29, 0.717) is 17.9 Å². The first-order chi connectivity index (χ1) is 9.08. The second-order valence-corrected chi connectivity index (χ2v) is 4.22. The molecule has 0 aliphatic carbocycles. The molecule has 0 saturated carbocycles. The Kier molecular flexibility index (Phi) is 6.17. The van der Waals surface area contributed by atoms with Crippen LogP contribution in [-0.4, -0.2) is 36.6 Å². The Hall–Kier alpha value is -1.73. The van der Waals surface area contributed by atoms with Crippen LogP contribution < -0.4 is 0 Å². The monoisotopic (exact) mass is 263 g/mol. The normalized spacial score (nSPS) is 11.8. The van der Waals surface area contributed by atoms with Crippen molar-refractivity contribution in [3.05, 3.63) is 23.7 Å². The van der Waals surface area contributed by atoms with E-state index in [1.54, 1.807) is 19.9 Å². The van der Waals surface area contributed by atoms with Gasteiger partial charge in [-0.25, -0.2) is 4.79 Å². The summed E-state index contributed by atoms with van der Waals surface area (Å²) in [4.78, 5) is 14.0. The van der Waals surface area contributed by atoms with Crippen LogP contribution in [0.4, 0.5) is 0 Å². The van der Waals surface area contributed by atoms with Crippen LogP contribution >= 0.6 is 0 Å². The Morgan fingerprint density at radius 3 is 2.68 bits per heavy atom. The van der Waals surface area contributed by atoms with Crippen molar-refractivity contribution in [3.8, 4) is 11.8 Å². The molecule has 0 aromatic carbocycles. The zero-order valence-electron chi connectivity index (χ0n) is 12.0. The molecule has 1 rings (SSSR count). The van der Waals surface area contributed by atoms with Crippen LogP contribution in [-0.2, 0) is 4.74 Å². The molecular formula is C15H21NO3. The van der Waals surface area contributed by atoms with Crippen LogP contribution in [0, 0.1) is 18.8 Å². The minimum absolute atomic E-state index is 0.393. The Morgan fingerprint density at radius 2 is 2.16 bits per heavy atom. The van der Waals surface area contributed by atoms with Gasteiger partial charge in [-0.3, -0.25) is 4.90 Å². The minimum Gasteiger partial charge on any atom is -0.469 e. The van der Waals surface area contributed by atoms with Gasteiger partial charge in [0, 0.05) is 0 Å². The topological polar surface area (TPSA) is 42.7 Å². The quantitative estimate of drug-likeness (QED) is 0.604. The summed E-state index contributed by atoms with van der Waals surface area (Å²) < 4.78 is 10.3. The fourth-order valence-corrected chi connectivity index (χ4v) is 1.60. The van der Waals surface area contributed by atoms with Crippen molar-refractivity contribution in [2.75, 3.05) is 19.6 Å². The van der Waals surface area contributed by atoms with Crippen LogP contribution in [0.5, 0.6) is 0 Å². The van der Waals surface area contributed by atoms with Crippen molar-refractivity contribution in [3.63, 3.8) is 0 Å².